The molecule has 0 radical (unpaired) electrons. The molecule has 19 heavy (non-hydrogen) atoms. The van der Waals surface area contributed by atoms with Gasteiger partial charge in [0, 0.05) is 19.2 Å². The van der Waals surface area contributed by atoms with E-state index >= 15 is 0 Å². The number of aromatic nitrogens is 2. The van der Waals surface area contributed by atoms with Crippen LogP contribution in [0.25, 0.3) is 0 Å². The molecular weight excluding hydrogens is 244 g/mol. The van der Waals surface area contributed by atoms with Crippen LogP contribution in [0, 0.1) is 0 Å². The van der Waals surface area contributed by atoms with Gasteiger partial charge >= 0.3 is 6.09 Å². The second kappa shape index (κ2) is 5.50. The smallest absolute Gasteiger partial charge is 0.410 e. The zero-order chi connectivity index (χ0) is 14.8. The second-order valence-electron chi connectivity index (χ2n) is 5.89. The fourth-order valence-electron chi connectivity index (χ4n) is 1.57. The number of carbonyl (C=O) groups excluding carboxylic acids is 1. The average Bonchev–Trinajstić information content (AvgIpc) is 2.51. The fraction of sp³-hybridized carbons (Fsp3) is 0.692. The predicted octanol–water partition coefficient (Wildman–Crippen LogP) is 2.15. The monoisotopic (exact) mass is 268 g/mol. The van der Waals surface area contributed by atoms with Gasteiger partial charge in [0.1, 0.15) is 11.4 Å². The molecular formula is C13H24N4O2. The Balaban J connectivity index is 2.81. The highest BCUT2D eigenvalue weighted by molar-refractivity contribution is 5.68. The van der Waals surface area contributed by atoms with Gasteiger partial charge in [-0.1, -0.05) is 0 Å². The third-order valence-electron chi connectivity index (χ3n) is 2.55. The first-order valence-electron chi connectivity index (χ1n) is 6.38. The van der Waals surface area contributed by atoms with Crippen molar-refractivity contribution < 1.29 is 9.53 Å². The van der Waals surface area contributed by atoms with E-state index in [-0.39, 0.29) is 12.1 Å². The number of hydrogen-bond donors (Lipinski definition) is 1. The highest BCUT2D eigenvalue weighted by Gasteiger charge is 2.25. The number of hydrogen-bond acceptors (Lipinski definition) is 4. The maximum absolute atomic E-state index is 12.1. The highest BCUT2D eigenvalue weighted by Crippen LogP contribution is 2.15. The number of ether oxygens (including phenoxy) is 1. The normalized spacial score (nSPS) is 11.7. The molecule has 0 atom stereocenters. The molecule has 1 heterocycles. The Morgan fingerprint density at radius 2 is 2.11 bits per heavy atom. The molecule has 1 aromatic rings. The largest absolute Gasteiger partial charge is 0.444 e. The molecule has 1 amide bonds. The Hall–Kier alpha value is -1.72. The number of anilines is 1. The van der Waals surface area contributed by atoms with Crippen LogP contribution in [0.3, 0.4) is 0 Å². The molecule has 0 spiro atoms. The Labute approximate surface area is 114 Å². The van der Waals surface area contributed by atoms with Gasteiger partial charge in [0.2, 0.25) is 0 Å². The van der Waals surface area contributed by atoms with E-state index in [1.165, 1.54) is 0 Å². The number of nitrogens with two attached hydrogens (primary N) is 1. The number of rotatable bonds is 3. The summed E-state index contributed by atoms with van der Waals surface area (Å²) in [5, 5.41) is 4.25. The van der Waals surface area contributed by atoms with E-state index in [2.05, 4.69) is 5.10 Å². The molecule has 0 aliphatic carbocycles. The molecule has 0 aliphatic rings. The van der Waals surface area contributed by atoms with Crippen molar-refractivity contribution >= 4 is 11.9 Å². The Bertz CT molecular complexity index is 426. The van der Waals surface area contributed by atoms with Gasteiger partial charge in [-0.2, -0.15) is 5.10 Å². The Kier molecular flexibility index (Phi) is 4.44. The molecule has 0 saturated carbocycles. The molecule has 0 fully saturated rings. The summed E-state index contributed by atoms with van der Waals surface area (Å²) in [5.74, 6) is 0.572. The first-order valence-corrected chi connectivity index (χ1v) is 6.38. The van der Waals surface area contributed by atoms with Crippen molar-refractivity contribution in [2.45, 2.75) is 52.8 Å². The number of aryl methyl sites for hydroxylation is 1. The maximum atomic E-state index is 12.1. The lowest BCUT2D eigenvalue weighted by Crippen LogP contribution is -2.40. The van der Waals surface area contributed by atoms with Crippen LogP contribution in [0.1, 0.15) is 40.3 Å². The lowest BCUT2D eigenvalue weighted by molar-refractivity contribution is 0.0169. The molecule has 1 rings (SSSR count). The summed E-state index contributed by atoms with van der Waals surface area (Å²) < 4.78 is 6.98. The van der Waals surface area contributed by atoms with E-state index in [4.69, 9.17) is 10.5 Å². The zero-order valence-electron chi connectivity index (χ0n) is 12.6. The molecule has 0 aliphatic heterocycles. The summed E-state index contributed by atoms with van der Waals surface area (Å²) in [5.41, 5.74) is 5.98. The number of nitrogen functional groups attached to an aromatic ring is 1. The van der Waals surface area contributed by atoms with Crippen molar-refractivity contribution in [2.24, 2.45) is 7.05 Å². The molecule has 6 nitrogen and oxygen atoms in total. The van der Waals surface area contributed by atoms with Gasteiger partial charge in [0.25, 0.3) is 0 Å². The van der Waals surface area contributed by atoms with Crippen LogP contribution < -0.4 is 5.73 Å². The highest BCUT2D eigenvalue weighted by atomic mass is 16.6. The van der Waals surface area contributed by atoms with Gasteiger partial charge in [0.15, 0.2) is 0 Å². The van der Waals surface area contributed by atoms with Crippen LogP contribution >= 0.6 is 0 Å². The van der Waals surface area contributed by atoms with Crippen LogP contribution in [0.15, 0.2) is 6.07 Å². The van der Waals surface area contributed by atoms with E-state index < -0.39 is 5.60 Å². The topological polar surface area (TPSA) is 73.4 Å². The summed E-state index contributed by atoms with van der Waals surface area (Å²) in [7, 11) is 1.77. The molecule has 6 heteroatoms. The van der Waals surface area contributed by atoms with Crippen molar-refractivity contribution in [2.75, 3.05) is 5.73 Å². The Morgan fingerprint density at radius 1 is 1.53 bits per heavy atom. The van der Waals surface area contributed by atoms with Crippen LogP contribution in [0.2, 0.25) is 0 Å². The first kappa shape index (κ1) is 15.3. The summed E-state index contributed by atoms with van der Waals surface area (Å²) >= 11 is 0. The van der Waals surface area contributed by atoms with Crippen molar-refractivity contribution in [3.8, 4) is 0 Å². The van der Waals surface area contributed by atoms with E-state index in [0.29, 0.717) is 12.4 Å². The van der Waals surface area contributed by atoms with Crippen LogP contribution in [0.4, 0.5) is 10.6 Å². The van der Waals surface area contributed by atoms with Gasteiger partial charge in [-0.15, -0.1) is 0 Å². The average molecular weight is 268 g/mol. The van der Waals surface area contributed by atoms with Crippen molar-refractivity contribution in [3.63, 3.8) is 0 Å². The van der Waals surface area contributed by atoms with Gasteiger partial charge in [-0.05, 0) is 34.6 Å². The van der Waals surface area contributed by atoms with E-state index in [0.717, 1.165) is 5.69 Å². The van der Waals surface area contributed by atoms with Crippen molar-refractivity contribution in [3.05, 3.63) is 11.8 Å². The lowest BCUT2D eigenvalue weighted by atomic mass is 10.2. The van der Waals surface area contributed by atoms with Gasteiger partial charge in [0.05, 0.1) is 12.2 Å². The minimum atomic E-state index is -0.507. The first-order chi connectivity index (χ1) is 8.60. The SMILES string of the molecule is CC(C)N(Cc1cc(N)n(C)n1)C(=O)OC(C)(C)C. The second-order valence-corrected chi connectivity index (χ2v) is 5.89. The quantitative estimate of drug-likeness (QED) is 0.911. The third kappa shape index (κ3) is 4.46. The van der Waals surface area contributed by atoms with Crippen molar-refractivity contribution in [1.82, 2.24) is 14.7 Å². The Morgan fingerprint density at radius 3 is 2.47 bits per heavy atom. The summed E-state index contributed by atoms with van der Waals surface area (Å²) in [6.45, 7) is 9.82. The van der Waals surface area contributed by atoms with Gasteiger partial charge in [-0.3, -0.25) is 9.58 Å². The predicted molar refractivity (Wildman–Crippen MR) is 74.5 cm³/mol. The van der Waals surface area contributed by atoms with Gasteiger partial charge in [-0.25, -0.2) is 4.79 Å². The molecule has 0 unspecified atom stereocenters. The standard InChI is InChI=1S/C13H24N4O2/c1-9(2)17(12(18)19-13(3,4)5)8-10-7-11(14)16(6)15-10/h7,9H,8,14H2,1-6H3. The molecule has 1 aromatic heterocycles. The van der Waals surface area contributed by atoms with E-state index in [9.17, 15) is 4.79 Å². The minimum absolute atomic E-state index is 0.0260. The fourth-order valence-corrected chi connectivity index (χ4v) is 1.57. The molecule has 0 bridgehead atoms. The molecule has 108 valence electrons. The van der Waals surface area contributed by atoms with Crippen molar-refractivity contribution in [1.29, 1.82) is 0 Å². The number of carbonyl (C=O) groups is 1. The zero-order valence-corrected chi connectivity index (χ0v) is 12.6. The summed E-state index contributed by atoms with van der Waals surface area (Å²) in [6.07, 6.45) is -0.341. The lowest BCUT2D eigenvalue weighted by Gasteiger charge is -2.29. The molecule has 2 N–H and O–H groups in total. The van der Waals surface area contributed by atoms with E-state index in [1.54, 1.807) is 22.7 Å². The number of nitrogens with zero attached hydrogens (tertiary/aromatic N) is 3. The maximum Gasteiger partial charge on any atom is 0.410 e. The summed E-state index contributed by atoms with van der Waals surface area (Å²) in [4.78, 5) is 13.8. The van der Waals surface area contributed by atoms with Gasteiger partial charge < -0.3 is 10.5 Å². The number of amides is 1. The minimum Gasteiger partial charge on any atom is -0.444 e. The molecule has 0 saturated heterocycles. The van der Waals surface area contributed by atoms with Crippen LogP contribution in [-0.2, 0) is 18.3 Å². The third-order valence-corrected chi connectivity index (χ3v) is 2.55. The summed E-state index contributed by atoms with van der Waals surface area (Å²) in [6, 6.07) is 1.79. The molecule has 0 aromatic carbocycles. The van der Waals surface area contributed by atoms with Crippen LogP contribution in [0.5, 0.6) is 0 Å². The van der Waals surface area contributed by atoms with Crippen LogP contribution in [-0.4, -0.2) is 32.4 Å². The van der Waals surface area contributed by atoms with E-state index in [1.807, 2.05) is 34.6 Å².